The van der Waals surface area contributed by atoms with Crippen LogP contribution in [0, 0.1) is 0 Å². The van der Waals surface area contributed by atoms with E-state index in [0.717, 1.165) is 29.7 Å². The average Bonchev–Trinajstić information content (AvgIpc) is 2.95. The van der Waals surface area contributed by atoms with Crippen molar-refractivity contribution in [2.45, 2.75) is 32.9 Å². The summed E-state index contributed by atoms with van der Waals surface area (Å²) < 4.78 is 42.9. The first-order chi connectivity index (χ1) is 12.8. The van der Waals surface area contributed by atoms with Crippen molar-refractivity contribution in [3.05, 3.63) is 58.1 Å². The number of halogens is 3. The maximum atomic E-state index is 12.7. The second kappa shape index (κ2) is 6.94. The zero-order valence-electron chi connectivity index (χ0n) is 14.7. The lowest BCUT2D eigenvalue weighted by Gasteiger charge is -2.15. The zero-order chi connectivity index (χ0) is 19.8. The van der Waals surface area contributed by atoms with E-state index in [-0.39, 0.29) is 15.7 Å². The number of rotatable bonds is 4. The third kappa shape index (κ3) is 3.47. The molecule has 27 heavy (non-hydrogen) atoms. The minimum atomic E-state index is -5.17. The van der Waals surface area contributed by atoms with Gasteiger partial charge in [-0.1, -0.05) is 32.0 Å². The molecule has 3 rings (SSSR count). The molecule has 1 heterocycles. The third-order valence-corrected chi connectivity index (χ3v) is 4.29. The fraction of sp³-hybridized carbons (Fsp3) is 0.263. The predicted octanol–water partition coefficient (Wildman–Crippen LogP) is 4.67. The van der Waals surface area contributed by atoms with E-state index < -0.39 is 17.8 Å². The Morgan fingerprint density at radius 1 is 1.11 bits per heavy atom. The summed E-state index contributed by atoms with van der Waals surface area (Å²) >= 11 is 0. The molecule has 0 spiro atoms. The van der Waals surface area contributed by atoms with Gasteiger partial charge in [-0.15, -0.1) is 0 Å². The highest BCUT2D eigenvalue weighted by molar-refractivity contribution is 5.93. The molecule has 142 valence electrons. The van der Waals surface area contributed by atoms with Crippen molar-refractivity contribution < 1.29 is 22.4 Å². The minimum Gasteiger partial charge on any atom is -0.407 e. The van der Waals surface area contributed by atoms with Crippen LogP contribution >= 0.6 is 0 Å². The second-order valence-corrected chi connectivity index (χ2v) is 5.97. The van der Waals surface area contributed by atoms with E-state index in [1.807, 2.05) is 32.0 Å². The van der Waals surface area contributed by atoms with Crippen molar-refractivity contribution in [2.24, 2.45) is 0 Å². The van der Waals surface area contributed by atoms with Crippen molar-refractivity contribution in [1.82, 2.24) is 4.57 Å². The summed E-state index contributed by atoms with van der Waals surface area (Å²) in [6, 6.07) is 10.1. The van der Waals surface area contributed by atoms with E-state index in [2.05, 4.69) is 5.32 Å². The lowest BCUT2D eigenvalue weighted by molar-refractivity contribution is -0.0947. The smallest absolute Gasteiger partial charge is 0.407 e. The fourth-order valence-corrected chi connectivity index (χ4v) is 2.96. The van der Waals surface area contributed by atoms with Crippen LogP contribution in [0.5, 0.6) is 0 Å². The van der Waals surface area contributed by atoms with Gasteiger partial charge in [0.15, 0.2) is 5.58 Å². The molecule has 0 saturated heterocycles. The van der Waals surface area contributed by atoms with Crippen LogP contribution in [-0.4, -0.2) is 16.7 Å². The molecular weight excluding hydrogens is 361 g/mol. The van der Waals surface area contributed by atoms with Crippen LogP contribution in [0.1, 0.15) is 29.8 Å². The molecule has 3 aromatic rings. The number of fused-ring (bicyclic) bond motifs is 1. The lowest BCUT2D eigenvalue weighted by Crippen LogP contribution is -2.34. The Balaban J connectivity index is 2.05. The number of para-hydroxylation sites is 1. The summed E-state index contributed by atoms with van der Waals surface area (Å²) in [4.78, 5) is 23.2. The quantitative estimate of drug-likeness (QED) is 0.717. The first-order valence-electron chi connectivity index (χ1n) is 8.41. The Kier molecular flexibility index (Phi) is 4.82. The topological polar surface area (TPSA) is 64.2 Å². The molecule has 0 saturated carbocycles. The number of alkyl halides is 3. The summed E-state index contributed by atoms with van der Waals surface area (Å²) in [5.74, 6) is -3.65. The summed E-state index contributed by atoms with van der Waals surface area (Å²) in [6.07, 6.45) is -3.58. The molecule has 0 atom stereocenters. The summed E-state index contributed by atoms with van der Waals surface area (Å²) in [7, 11) is 0. The number of hydrogen-bond donors (Lipinski definition) is 1. The van der Waals surface area contributed by atoms with Crippen molar-refractivity contribution in [3.8, 4) is 0 Å². The van der Waals surface area contributed by atoms with Crippen LogP contribution in [-0.2, 0) is 12.8 Å². The molecule has 5 nitrogen and oxygen atoms in total. The number of oxazole rings is 1. The van der Waals surface area contributed by atoms with Crippen molar-refractivity contribution in [3.63, 3.8) is 0 Å². The van der Waals surface area contributed by atoms with E-state index >= 15 is 0 Å². The van der Waals surface area contributed by atoms with Crippen LogP contribution in [0.3, 0.4) is 0 Å². The van der Waals surface area contributed by atoms with E-state index in [1.54, 1.807) is 0 Å². The Bertz CT molecular complexity index is 1040. The van der Waals surface area contributed by atoms with Gasteiger partial charge >= 0.3 is 17.8 Å². The van der Waals surface area contributed by atoms with Crippen LogP contribution in [0.15, 0.2) is 45.6 Å². The molecule has 8 heteroatoms. The van der Waals surface area contributed by atoms with E-state index in [4.69, 9.17) is 4.42 Å². The molecule has 0 bridgehead atoms. The lowest BCUT2D eigenvalue weighted by atomic mass is 10.0. The van der Waals surface area contributed by atoms with Crippen molar-refractivity contribution >= 4 is 28.4 Å². The second-order valence-electron chi connectivity index (χ2n) is 5.97. The zero-order valence-corrected chi connectivity index (χ0v) is 14.7. The van der Waals surface area contributed by atoms with E-state index in [1.165, 1.54) is 18.2 Å². The van der Waals surface area contributed by atoms with Crippen LogP contribution in [0.4, 0.5) is 24.5 Å². The number of nitrogens with one attached hydrogen (secondary N) is 1. The molecule has 2 aromatic carbocycles. The summed E-state index contributed by atoms with van der Waals surface area (Å²) in [6.45, 7) is 4.04. The highest BCUT2D eigenvalue weighted by atomic mass is 19.4. The van der Waals surface area contributed by atoms with Gasteiger partial charge in [0.05, 0.1) is 5.52 Å². The number of hydrogen-bond acceptors (Lipinski definition) is 4. The Hall–Kier alpha value is -3.03. The van der Waals surface area contributed by atoms with Crippen LogP contribution in [0.25, 0.3) is 11.1 Å². The van der Waals surface area contributed by atoms with Gasteiger partial charge in [0.1, 0.15) is 0 Å². The van der Waals surface area contributed by atoms with Crippen LogP contribution in [0.2, 0.25) is 0 Å². The molecule has 1 N–H and O–H groups in total. The van der Waals surface area contributed by atoms with Gasteiger partial charge in [-0.25, -0.2) is 9.36 Å². The Labute approximate surface area is 152 Å². The number of carbonyl (C=O) groups excluding carboxylic acids is 1. The monoisotopic (exact) mass is 378 g/mol. The molecule has 0 aliphatic heterocycles. The fourth-order valence-electron chi connectivity index (χ4n) is 2.96. The maximum absolute atomic E-state index is 12.7. The largest absolute Gasteiger partial charge is 0.472 e. The van der Waals surface area contributed by atoms with Gasteiger partial charge < -0.3 is 9.73 Å². The number of anilines is 2. The molecule has 0 radical (unpaired) electrons. The maximum Gasteiger partial charge on any atom is 0.472 e. The predicted molar refractivity (Wildman–Crippen MR) is 95.6 cm³/mol. The van der Waals surface area contributed by atoms with E-state index in [9.17, 15) is 22.8 Å². The standard InChI is InChI=1S/C19H17F3N2O3/c1-3-11-6-5-7-12(4-2)16(11)23-13-8-9-14-15(10-13)27-18(26)24(14)17(25)19(20,21)22/h5-10,23H,3-4H2,1-2H3. The minimum absolute atomic E-state index is 0.00340. The molecule has 0 aliphatic carbocycles. The molecule has 0 unspecified atom stereocenters. The van der Waals surface area contributed by atoms with Gasteiger partial charge in [-0.2, -0.15) is 13.2 Å². The van der Waals surface area contributed by atoms with Gasteiger partial charge in [0, 0.05) is 17.4 Å². The van der Waals surface area contributed by atoms with Gasteiger partial charge in [-0.3, -0.25) is 4.79 Å². The average molecular weight is 378 g/mol. The molecule has 0 fully saturated rings. The Morgan fingerprint density at radius 3 is 2.30 bits per heavy atom. The molecular formula is C19H17F3N2O3. The summed E-state index contributed by atoms with van der Waals surface area (Å²) in [5.41, 5.74) is 3.29. The third-order valence-electron chi connectivity index (χ3n) is 4.29. The van der Waals surface area contributed by atoms with Crippen molar-refractivity contribution in [1.29, 1.82) is 0 Å². The normalized spacial score (nSPS) is 11.7. The van der Waals surface area contributed by atoms with Gasteiger partial charge in [0.25, 0.3) is 0 Å². The number of aryl methyl sites for hydroxylation is 2. The number of aromatic nitrogens is 1. The highest BCUT2D eigenvalue weighted by Crippen LogP contribution is 2.29. The number of nitrogens with zero attached hydrogens (tertiary/aromatic N) is 1. The first kappa shape index (κ1) is 18.8. The van der Waals surface area contributed by atoms with E-state index in [0.29, 0.717) is 5.69 Å². The molecule has 1 aromatic heterocycles. The van der Waals surface area contributed by atoms with Crippen molar-refractivity contribution in [2.75, 3.05) is 5.32 Å². The molecule has 0 aliphatic rings. The summed E-state index contributed by atoms with van der Waals surface area (Å²) in [5, 5.41) is 3.24. The SMILES string of the molecule is CCc1cccc(CC)c1Nc1ccc2c(c1)oc(=O)n2C(=O)C(F)(F)F. The Morgan fingerprint density at radius 2 is 1.74 bits per heavy atom. The molecule has 0 amide bonds. The number of benzene rings is 2. The van der Waals surface area contributed by atoms with Gasteiger partial charge in [-0.05, 0) is 36.1 Å². The first-order valence-corrected chi connectivity index (χ1v) is 8.41. The number of carbonyl (C=O) groups is 1. The highest BCUT2D eigenvalue weighted by Gasteiger charge is 2.42. The van der Waals surface area contributed by atoms with Crippen LogP contribution < -0.4 is 11.1 Å². The van der Waals surface area contributed by atoms with Gasteiger partial charge in [0.2, 0.25) is 0 Å².